The van der Waals surface area contributed by atoms with Gasteiger partial charge in [0, 0.05) is 18.8 Å². The Balaban J connectivity index is 1.45. The van der Waals surface area contributed by atoms with Gasteiger partial charge in [-0.1, -0.05) is 19.8 Å². The van der Waals surface area contributed by atoms with Gasteiger partial charge >= 0.3 is 6.03 Å². The molecule has 0 bridgehead atoms. The van der Waals surface area contributed by atoms with Crippen LogP contribution in [-0.4, -0.2) is 34.6 Å². The van der Waals surface area contributed by atoms with Crippen molar-refractivity contribution in [1.29, 1.82) is 0 Å². The lowest BCUT2D eigenvalue weighted by Crippen LogP contribution is -2.40. The fraction of sp³-hybridized carbons (Fsp3) is 0.750. The molecule has 22 heavy (non-hydrogen) atoms. The third kappa shape index (κ3) is 4.22. The highest BCUT2D eigenvalue weighted by atomic mass is 16.5. The van der Waals surface area contributed by atoms with E-state index in [2.05, 4.69) is 22.7 Å². The second-order valence-corrected chi connectivity index (χ2v) is 6.65. The maximum absolute atomic E-state index is 12.1. The molecule has 6 nitrogen and oxygen atoms in total. The molecule has 2 fully saturated rings. The van der Waals surface area contributed by atoms with Crippen LogP contribution in [0.5, 0.6) is 0 Å². The highest BCUT2D eigenvalue weighted by Gasteiger charge is 2.21. The number of urea groups is 1. The van der Waals surface area contributed by atoms with Crippen molar-refractivity contribution in [2.24, 2.45) is 5.92 Å². The molecule has 2 N–H and O–H groups in total. The summed E-state index contributed by atoms with van der Waals surface area (Å²) in [5.41, 5.74) is 0.736. The third-order valence-electron chi connectivity index (χ3n) is 4.58. The van der Waals surface area contributed by atoms with E-state index in [0.717, 1.165) is 44.5 Å². The van der Waals surface area contributed by atoms with E-state index in [9.17, 15) is 4.79 Å². The number of nitrogens with one attached hydrogen (secondary N) is 2. The van der Waals surface area contributed by atoms with Gasteiger partial charge in [0.2, 0.25) is 0 Å². The molecular formula is C16H26N4O2. The van der Waals surface area contributed by atoms with E-state index in [1.54, 1.807) is 6.20 Å². The van der Waals surface area contributed by atoms with Crippen molar-refractivity contribution >= 4 is 11.7 Å². The molecule has 1 aliphatic carbocycles. The monoisotopic (exact) mass is 306 g/mol. The van der Waals surface area contributed by atoms with Crippen LogP contribution in [0.3, 0.4) is 0 Å². The summed E-state index contributed by atoms with van der Waals surface area (Å²) in [5, 5.41) is 10.2. The van der Waals surface area contributed by atoms with Gasteiger partial charge in [0.15, 0.2) is 0 Å². The molecule has 2 heterocycles. The van der Waals surface area contributed by atoms with Crippen LogP contribution in [-0.2, 0) is 11.3 Å². The molecule has 1 aromatic heterocycles. The van der Waals surface area contributed by atoms with Crippen LogP contribution in [0.25, 0.3) is 0 Å². The van der Waals surface area contributed by atoms with Crippen LogP contribution in [0.2, 0.25) is 0 Å². The van der Waals surface area contributed by atoms with Crippen molar-refractivity contribution in [3.63, 3.8) is 0 Å². The summed E-state index contributed by atoms with van der Waals surface area (Å²) in [6.07, 6.45) is 10.7. The van der Waals surface area contributed by atoms with Gasteiger partial charge in [-0.2, -0.15) is 5.10 Å². The van der Waals surface area contributed by atoms with E-state index in [-0.39, 0.29) is 12.1 Å². The molecule has 0 spiro atoms. The summed E-state index contributed by atoms with van der Waals surface area (Å²) < 4.78 is 7.44. The highest BCUT2D eigenvalue weighted by molar-refractivity contribution is 5.89. The molecule has 1 saturated heterocycles. The zero-order valence-corrected chi connectivity index (χ0v) is 13.3. The number of carbonyl (C=O) groups is 1. The van der Waals surface area contributed by atoms with Gasteiger partial charge in [0.1, 0.15) is 0 Å². The molecule has 1 aliphatic heterocycles. The first-order chi connectivity index (χ1) is 10.7. The molecule has 3 unspecified atom stereocenters. The number of carbonyl (C=O) groups excluding carboxylic acids is 1. The van der Waals surface area contributed by atoms with Gasteiger partial charge in [-0.05, 0) is 31.6 Å². The Kier molecular flexibility index (Phi) is 4.97. The normalized spacial score (nSPS) is 28.5. The molecule has 122 valence electrons. The standard InChI is InChI=1S/C16H26N4O2/c1-12-4-2-5-13(8-12)18-16(21)19-14-9-17-20(10-14)11-15-6-3-7-22-15/h9-10,12-13,15H,2-8,11H2,1H3,(H2,18,19,21). The summed E-state index contributed by atoms with van der Waals surface area (Å²) in [5.74, 6) is 0.702. The predicted octanol–water partition coefficient (Wildman–Crippen LogP) is 2.76. The minimum Gasteiger partial charge on any atom is -0.376 e. The second kappa shape index (κ2) is 7.13. The Morgan fingerprint density at radius 3 is 3.09 bits per heavy atom. The predicted molar refractivity (Wildman–Crippen MR) is 84.8 cm³/mol. The number of anilines is 1. The quantitative estimate of drug-likeness (QED) is 0.898. The van der Waals surface area contributed by atoms with Crippen molar-refractivity contribution in [3.05, 3.63) is 12.4 Å². The molecule has 6 heteroatoms. The van der Waals surface area contributed by atoms with E-state index in [1.807, 2.05) is 10.9 Å². The first-order valence-corrected chi connectivity index (χ1v) is 8.40. The Bertz CT molecular complexity index is 496. The van der Waals surface area contributed by atoms with Crippen LogP contribution >= 0.6 is 0 Å². The lowest BCUT2D eigenvalue weighted by molar-refractivity contribution is 0.0940. The molecule has 1 saturated carbocycles. The average molecular weight is 306 g/mol. The summed E-state index contributed by atoms with van der Waals surface area (Å²) in [6.45, 7) is 3.85. The minimum absolute atomic E-state index is 0.129. The smallest absolute Gasteiger partial charge is 0.319 e. The Labute approximate surface area is 131 Å². The van der Waals surface area contributed by atoms with Crippen molar-refractivity contribution in [1.82, 2.24) is 15.1 Å². The Hall–Kier alpha value is -1.56. The van der Waals surface area contributed by atoms with Gasteiger partial charge in [-0.3, -0.25) is 4.68 Å². The Morgan fingerprint density at radius 1 is 1.41 bits per heavy atom. The van der Waals surface area contributed by atoms with Crippen LogP contribution in [0.4, 0.5) is 10.5 Å². The molecule has 1 aromatic rings. The number of ether oxygens (including phenoxy) is 1. The van der Waals surface area contributed by atoms with E-state index in [0.29, 0.717) is 12.0 Å². The summed E-state index contributed by atoms with van der Waals surface area (Å²) in [7, 11) is 0. The van der Waals surface area contributed by atoms with Gasteiger partial charge in [-0.25, -0.2) is 4.79 Å². The largest absolute Gasteiger partial charge is 0.376 e. The van der Waals surface area contributed by atoms with E-state index >= 15 is 0 Å². The minimum atomic E-state index is -0.129. The number of hydrogen-bond donors (Lipinski definition) is 2. The molecule has 3 atom stereocenters. The number of nitrogens with zero attached hydrogens (tertiary/aromatic N) is 2. The summed E-state index contributed by atoms with van der Waals surface area (Å²) in [4.78, 5) is 12.1. The Morgan fingerprint density at radius 2 is 2.32 bits per heavy atom. The number of amides is 2. The van der Waals surface area contributed by atoms with Gasteiger partial charge in [0.25, 0.3) is 0 Å². The zero-order valence-electron chi connectivity index (χ0n) is 13.3. The molecule has 3 rings (SSSR count). The maximum atomic E-state index is 12.1. The second-order valence-electron chi connectivity index (χ2n) is 6.65. The first-order valence-electron chi connectivity index (χ1n) is 8.40. The van der Waals surface area contributed by atoms with Gasteiger partial charge in [-0.15, -0.1) is 0 Å². The number of rotatable bonds is 4. The van der Waals surface area contributed by atoms with Crippen molar-refractivity contribution < 1.29 is 9.53 Å². The molecule has 0 aromatic carbocycles. The third-order valence-corrected chi connectivity index (χ3v) is 4.58. The number of hydrogen-bond acceptors (Lipinski definition) is 3. The maximum Gasteiger partial charge on any atom is 0.319 e. The molecule has 2 aliphatic rings. The van der Waals surface area contributed by atoms with Crippen LogP contribution in [0, 0.1) is 5.92 Å². The van der Waals surface area contributed by atoms with E-state index in [1.165, 1.54) is 12.8 Å². The van der Waals surface area contributed by atoms with Crippen LogP contribution in [0.1, 0.15) is 45.4 Å². The van der Waals surface area contributed by atoms with E-state index in [4.69, 9.17) is 4.74 Å². The first kappa shape index (κ1) is 15.3. The van der Waals surface area contributed by atoms with Crippen molar-refractivity contribution in [2.45, 2.75) is 64.1 Å². The van der Waals surface area contributed by atoms with Crippen LogP contribution < -0.4 is 10.6 Å². The fourth-order valence-electron chi connectivity index (χ4n) is 3.44. The summed E-state index contributed by atoms with van der Waals surface area (Å²) in [6, 6.07) is 0.168. The zero-order chi connectivity index (χ0) is 15.4. The molecule has 0 radical (unpaired) electrons. The SMILES string of the molecule is CC1CCCC(NC(=O)Nc2cnn(CC3CCCO3)c2)C1. The van der Waals surface area contributed by atoms with Crippen LogP contribution in [0.15, 0.2) is 12.4 Å². The topological polar surface area (TPSA) is 68.2 Å². The van der Waals surface area contributed by atoms with Gasteiger partial charge < -0.3 is 15.4 Å². The lowest BCUT2D eigenvalue weighted by atomic mass is 9.87. The number of aromatic nitrogens is 2. The average Bonchev–Trinajstić information content (AvgIpc) is 3.11. The van der Waals surface area contributed by atoms with Crippen molar-refractivity contribution in [2.75, 3.05) is 11.9 Å². The van der Waals surface area contributed by atoms with Gasteiger partial charge in [0.05, 0.1) is 24.5 Å². The van der Waals surface area contributed by atoms with E-state index < -0.39 is 0 Å². The summed E-state index contributed by atoms with van der Waals surface area (Å²) >= 11 is 0. The van der Waals surface area contributed by atoms with Crippen molar-refractivity contribution in [3.8, 4) is 0 Å². The highest BCUT2D eigenvalue weighted by Crippen LogP contribution is 2.23. The molecular weight excluding hydrogens is 280 g/mol. The molecule has 2 amide bonds. The lowest BCUT2D eigenvalue weighted by Gasteiger charge is -2.27. The fourth-order valence-corrected chi connectivity index (χ4v) is 3.44.